The van der Waals surface area contributed by atoms with Crippen LogP contribution >= 0.6 is 0 Å². The van der Waals surface area contributed by atoms with Gasteiger partial charge in [0.25, 0.3) is 0 Å². The molecule has 0 saturated carbocycles. The Kier molecular flexibility index (Phi) is 31.4. The highest BCUT2D eigenvalue weighted by Crippen LogP contribution is 1.96. The predicted octanol–water partition coefficient (Wildman–Crippen LogP) is -0.0245. The van der Waals surface area contributed by atoms with Crippen LogP contribution in [0.25, 0.3) is 0 Å². The minimum atomic E-state index is -2.22. The van der Waals surface area contributed by atoms with Crippen LogP contribution in [0.5, 0.6) is 0 Å². The third kappa shape index (κ3) is 20.6. The fourth-order valence-electron chi connectivity index (χ4n) is 0.700. The van der Waals surface area contributed by atoms with E-state index in [0.29, 0.717) is 0 Å². The predicted molar refractivity (Wildman–Crippen MR) is 82.4 cm³/mol. The van der Waals surface area contributed by atoms with Crippen molar-refractivity contribution in [2.75, 3.05) is 26.4 Å². The summed E-state index contributed by atoms with van der Waals surface area (Å²) in [5, 5.41) is 33.8. The average Bonchev–Trinajstić information content (AvgIpc) is 2.56. The highest BCUT2D eigenvalue weighted by atomic mass is 16.6. The lowest BCUT2D eigenvalue weighted by Gasteiger charge is -2.12. The topological polar surface area (TPSA) is 134 Å². The van der Waals surface area contributed by atoms with Crippen LogP contribution in [0.4, 0.5) is 0 Å². The first kappa shape index (κ1) is 28.4. The molecule has 0 radical (unpaired) electrons. The van der Waals surface area contributed by atoms with Crippen molar-refractivity contribution >= 4 is 11.9 Å². The fourth-order valence-corrected chi connectivity index (χ4v) is 0.700. The summed E-state index contributed by atoms with van der Waals surface area (Å²) in [4.78, 5) is 20.7. The Morgan fingerprint density at radius 2 is 1.41 bits per heavy atom. The van der Waals surface area contributed by atoms with E-state index in [0.717, 1.165) is 13.2 Å². The molecule has 0 aliphatic carbocycles. The van der Waals surface area contributed by atoms with Gasteiger partial charge in [-0.15, -0.1) is 26.3 Å². The molecule has 0 aliphatic heterocycles. The van der Waals surface area contributed by atoms with Crippen LogP contribution < -0.4 is 0 Å². The van der Waals surface area contributed by atoms with Gasteiger partial charge in [-0.2, -0.15) is 0 Å². The number of aliphatic carboxylic acids is 1. The molecule has 0 aromatic carbocycles. The second-order valence-electron chi connectivity index (χ2n) is 2.90. The molecular formula is C14H28O8. The van der Waals surface area contributed by atoms with Gasteiger partial charge in [0.2, 0.25) is 0 Å². The summed E-state index contributed by atoms with van der Waals surface area (Å²) in [5.74, 6) is -3.02. The lowest BCUT2D eigenvalue weighted by molar-refractivity contribution is -0.170. The van der Waals surface area contributed by atoms with Gasteiger partial charge in [0.15, 0.2) is 12.2 Å². The van der Waals surface area contributed by atoms with Crippen molar-refractivity contribution < 1.29 is 39.5 Å². The molecule has 0 amide bonds. The molecule has 2 unspecified atom stereocenters. The maximum absolute atomic E-state index is 10.6. The van der Waals surface area contributed by atoms with Crippen molar-refractivity contribution in [1.29, 1.82) is 0 Å². The summed E-state index contributed by atoms with van der Waals surface area (Å²) in [6.45, 7) is 16.9. The van der Waals surface area contributed by atoms with E-state index in [4.69, 9.17) is 25.2 Å². The van der Waals surface area contributed by atoms with Crippen molar-refractivity contribution in [3.63, 3.8) is 0 Å². The van der Waals surface area contributed by atoms with Crippen LogP contribution in [-0.2, 0) is 19.1 Å². The number of esters is 1. The maximum Gasteiger partial charge on any atom is 0.338 e. The van der Waals surface area contributed by atoms with Crippen molar-refractivity contribution in [2.45, 2.75) is 26.1 Å². The number of carbonyl (C=O) groups is 2. The number of aliphatic hydroxyl groups is 3. The summed E-state index contributed by atoms with van der Waals surface area (Å²) >= 11 is 0. The number of carboxylic acid groups (broad SMARTS) is 1. The molecule has 0 aromatic heterocycles. The summed E-state index contributed by atoms with van der Waals surface area (Å²) in [6.07, 6.45) is -4.35. The second-order valence-corrected chi connectivity index (χ2v) is 2.90. The third-order valence-corrected chi connectivity index (χ3v) is 1.54. The summed E-state index contributed by atoms with van der Waals surface area (Å²) in [7, 11) is 0. The first-order chi connectivity index (χ1) is 10.4. The van der Waals surface area contributed by atoms with Crippen molar-refractivity contribution in [3.05, 3.63) is 26.3 Å². The molecule has 4 N–H and O–H groups in total. The van der Waals surface area contributed by atoms with Gasteiger partial charge >= 0.3 is 11.9 Å². The quantitative estimate of drug-likeness (QED) is 0.379. The normalized spacial score (nSPS) is 11.0. The van der Waals surface area contributed by atoms with Crippen LogP contribution in [0.15, 0.2) is 26.3 Å². The Morgan fingerprint density at radius 3 is 1.64 bits per heavy atom. The van der Waals surface area contributed by atoms with Gasteiger partial charge in [-0.1, -0.05) is 0 Å². The number of hydrogen-bond acceptors (Lipinski definition) is 7. The van der Waals surface area contributed by atoms with Crippen LogP contribution in [0.2, 0.25) is 0 Å². The Hall–Kier alpha value is -1.74. The molecule has 0 saturated heterocycles. The molecule has 0 bridgehead atoms. The summed E-state index contributed by atoms with van der Waals surface area (Å²) < 4.78 is 9.00. The number of carboxylic acids is 1. The van der Waals surface area contributed by atoms with E-state index >= 15 is 0 Å². The standard InChI is InChI=1S/C6H10O7.C4H10O.2C2H4/c7-1-2-13-6(12)4(9)3(8)5(10)11;1-3-5-4-2;2*1-2/h3-4,7-9H,1-2H2,(H,10,11);3-4H2,1-2H3;2*1-2H2. The number of carbonyl (C=O) groups excluding carboxylic acids is 1. The summed E-state index contributed by atoms with van der Waals surface area (Å²) in [6, 6.07) is 0. The van der Waals surface area contributed by atoms with Gasteiger partial charge < -0.3 is 29.9 Å². The van der Waals surface area contributed by atoms with Gasteiger partial charge in [-0.25, -0.2) is 9.59 Å². The van der Waals surface area contributed by atoms with Crippen LogP contribution in [0.3, 0.4) is 0 Å². The molecule has 0 heterocycles. The molecule has 0 fully saturated rings. The molecule has 0 aliphatic rings. The largest absolute Gasteiger partial charge is 0.479 e. The third-order valence-electron chi connectivity index (χ3n) is 1.54. The van der Waals surface area contributed by atoms with E-state index in [9.17, 15) is 9.59 Å². The lowest BCUT2D eigenvalue weighted by Crippen LogP contribution is -2.40. The minimum Gasteiger partial charge on any atom is -0.479 e. The smallest absolute Gasteiger partial charge is 0.338 e. The fraction of sp³-hybridized carbons (Fsp3) is 0.571. The SMILES string of the molecule is C=C.C=C.CCOCC.O=C(O)C(O)C(O)C(=O)OCCO. The molecule has 22 heavy (non-hydrogen) atoms. The Bertz CT molecular complexity index is 253. The van der Waals surface area contributed by atoms with Gasteiger partial charge in [0.1, 0.15) is 6.61 Å². The van der Waals surface area contributed by atoms with Crippen LogP contribution in [0, 0.1) is 0 Å². The number of rotatable bonds is 7. The number of aliphatic hydroxyl groups excluding tert-OH is 3. The van der Waals surface area contributed by atoms with Crippen LogP contribution in [-0.4, -0.2) is 71.0 Å². The van der Waals surface area contributed by atoms with Gasteiger partial charge in [0, 0.05) is 13.2 Å². The van der Waals surface area contributed by atoms with E-state index in [1.807, 2.05) is 13.8 Å². The van der Waals surface area contributed by atoms with Gasteiger partial charge in [-0.3, -0.25) is 0 Å². The molecule has 0 rings (SSSR count). The molecule has 8 heteroatoms. The van der Waals surface area contributed by atoms with E-state index in [2.05, 4.69) is 31.1 Å². The molecule has 0 aromatic rings. The Balaban J connectivity index is -0.000000150. The summed E-state index contributed by atoms with van der Waals surface area (Å²) in [5.41, 5.74) is 0. The minimum absolute atomic E-state index is 0.359. The van der Waals surface area contributed by atoms with Crippen molar-refractivity contribution in [2.24, 2.45) is 0 Å². The van der Waals surface area contributed by atoms with E-state index in [1.54, 1.807) is 0 Å². The number of ether oxygens (including phenoxy) is 2. The first-order valence-electron chi connectivity index (χ1n) is 6.36. The van der Waals surface area contributed by atoms with Crippen LogP contribution in [0.1, 0.15) is 13.8 Å². The molecule has 2 atom stereocenters. The zero-order valence-corrected chi connectivity index (χ0v) is 13.2. The maximum atomic E-state index is 10.6. The second kappa shape index (κ2) is 24.3. The van der Waals surface area contributed by atoms with Gasteiger partial charge in [-0.05, 0) is 13.8 Å². The van der Waals surface area contributed by atoms with E-state index in [-0.39, 0.29) is 6.61 Å². The Labute approximate surface area is 131 Å². The zero-order valence-electron chi connectivity index (χ0n) is 13.2. The van der Waals surface area contributed by atoms with Crippen molar-refractivity contribution in [1.82, 2.24) is 0 Å². The molecule has 132 valence electrons. The highest BCUT2D eigenvalue weighted by molar-refractivity contribution is 5.84. The van der Waals surface area contributed by atoms with E-state index in [1.165, 1.54) is 0 Å². The molecule has 0 spiro atoms. The lowest BCUT2D eigenvalue weighted by atomic mass is 10.2. The van der Waals surface area contributed by atoms with Crippen molar-refractivity contribution in [3.8, 4) is 0 Å². The zero-order chi connectivity index (χ0) is 18.6. The molecule has 8 nitrogen and oxygen atoms in total. The highest BCUT2D eigenvalue weighted by Gasteiger charge is 2.31. The monoisotopic (exact) mass is 324 g/mol. The first-order valence-corrected chi connectivity index (χ1v) is 6.36. The van der Waals surface area contributed by atoms with E-state index < -0.39 is 30.8 Å². The van der Waals surface area contributed by atoms with Gasteiger partial charge in [0.05, 0.1) is 6.61 Å². The number of hydrogen-bond donors (Lipinski definition) is 4. The molecular weight excluding hydrogens is 296 g/mol. The Morgan fingerprint density at radius 1 is 1.00 bits per heavy atom. The average molecular weight is 324 g/mol.